The zero-order chi connectivity index (χ0) is 17.8. The molecule has 6 nitrogen and oxygen atoms in total. The number of carbonyl (C=O) groups excluding carboxylic acids is 1. The van der Waals surface area contributed by atoms with Crippen molar-refractivity contribution in [3.05, 3.63) is 0 Å². The molecule has 0 aromatic rings. The molecule has 0 atom stereocenters. The van der Waals surface area contributed by atoms with E-state index in [0.29, 0.717) is 26.4 Å². The summed E-state index contributed by atoms with van der Waals surface area (Å²) in [6, 6.07) is 0. The van der Waals surface area contributed by atoms with E-state index in [1.165, 1.54) is 6.42 Å². The van der Waals surface area contributed by atoms with Gasteiger partial charge in [0.05, 0.1) is 32.5 Å². The van der Waals surface area contributed by atoms with Crippen LogP contribution in [-0.2, 0) is 19.0 Å². The molecule has 0 N–H and O–H groups in total. The maximum absolute atomic E-state index is 12.1. The van der Waals surface area contributed by atoms with Crippen molar-refractivity contribution in [1.82, 2.24) is 9.80 Å². The van der Waals surface area contributed by atoms with Gasteiger partial charge in [0.1, 0.15) is 6.61 Å². The number of amides is 1. The van der Waals surface area contributed by atoms with Crippen LogP contribution in [0.5, 0.6) is 0 Å². The van der Waals surface area contributed by atoms with Crippen molar-refractivity contribution in [1.29, 1.82) is 0 Å². The number of nitrogens with zero attached hydrogens (tertiary/aromatic N) is 2. The van der Waals surface area contributed by atoms with E-state index in [1.807, 2.05) is 18.7 Å². The Morgan fingerprint density at radius 3 is 2.17 bits per heavy atom. The zero-order valence-electron chi connectivity index (χ0n) is 16.0. The van der Waals surface area contributed by atoms with Crippen LogP contribution in [0, 0.1) is 5.92 Å². The van der Waals surface area contributed by atoms with Crippen LogP contribution in [0.4, 0.5) is 0 Å². The van der Waals surface area contributed by atoms with Crippen molar-refractivity contribution in [3.63, 3.8) is 0 Å². The van der Waals surface area contributed by atoms with Crippen LogP contribution in [-0.4, -0.2) is 87.6 Å². The molecule has 0 bridgehead atoms. The highest BCUT2D eigenvalue weighted by Crippen LogP contribution is 2.06. The van der Waals surface area contributed by atoms with Crippen LogP contribution in [0.2, 0.25) is 0 Å². The van der Waals surface area contributed by atoms with Gasteiger partial charge in [0.25, 0.3) is 0 Å². The normalized spacial score (nSPS) is 16.3. The largest absolute Gasteiger partial charge is 0.377 e. The Hall–Kier alpha value is -0.690. The summed E-state index contributed by atoms with van der Waals surface area (Å²) < 4.78 is 16.2. The lowest BCUT2D eigenvalue weighted by atomic mass is 10.1. The predicted octanol–water partition coefficient (Wildman–Crippen LogP) is 1.63. The van der Waals surface area contributed by atoms with Crippen LogP contribution in [0.15, 0.2) is 0 Å². The molecular formula is C18H36N2O4. The molecule has 1 amide bonds. The second-order valence-corrected chi connectivity index (χ2v) is 6.99. The lowest BCUT2D eigenvalue weighted by Crippen LogP contribution is -2.50. The Kier molecular flexibility index (Phi) is 11.2. The summed E-state index contributed by atoms with van der Waals surface area (Å²) in [4.78, 5) is 16.5. The van der Waals surface area contributed by atoms with E-state index in [-0.39, 0.29) is 18.6 Å². The summed E-state index contributed by atoms with van der Waals surface area (Å²) >= 11 is 0. The fourth-order valence-corrected chi connectivity index (χ4v) is 2.48. The van der Waals surface area contributed by atoms with Gasteiger partial charge in [-0.2, -0.15) is 0 Å². The first kappa shape index (κ1) is 21.4. The number of ether oxygens (including phenoxy) is 3. The Morgan fingerprint density at radius 2 is 1.54 bits per heavy atom. The van der Waals surface area contributed by atoms with Crippen molar-refractivity contribution < 1.29 is 19.0 Å². The van der Waals surface area contributed by atoms with Crippen LogP contribution < -0.4 is 0 Å². The minimum absolute atomic E-state index is 0.0849. The molecule has 0 saturated carbocycles. The van der Waals surface area contributed by atoms with Gasteiger partial charge in [-0.05, 0) is 32.7 Å². The third-order valence-corrected chi connectivity index (χ3v) is 4.02. The van der Waals surface area contributed by atoms with Gasteiger partial charge < -0.3 is 19.1 Å². The Morgan fingerprint density at radius 1 is 0.917 bits per heavy atom. The Bertz CT molecular complexity index is 329. The summed E-state index contributed by atoms with van der Waals surface area (Å²) in [6.45, 7) is 15.4. The first-order valence-corrected chi connectivity index (χ1v) is 9.26. The van der Waals surface area contributed by atoms with E-state index in [2.05, 4.69) is 18.7 Å². The molecule has 0 unspecified atom stereocenters. The standard InChI is InChI=1S/C18H36N2O4/c1-16(2)5-6-19-7-9-20(10-8-19)18(21)15-23-12-11-22-13-14-24-17(3)4/h16-17H,5-15H2,1-4H3. The summed E-state index contributed by atoms with van der Waals surface area (Å²) in [6.07, 6.45) is 1.45. The van der Waals surface area contributed by atoms with Gasteiger partial charge in [0.2, 0.25) is 5.91 Å². The third kappa shape index (κ3) is 10.2. The minimum atomic E-state index is 0.0849. The van der Waals surface area contributed by atoms with Gasteiger partial charge in [-0.25, -0.2) is 0 Å². The fraction of sp³-hybridized carbons (Fsp3) is 0.944. The van der Waals surface area contributed by atoms with E-state index in [9.17, 15) is 4.79 Å². The maximum Gasteiger partial charge on any atom is 0.248 e. The number of piperazine rings is 1. The first-order valence-electron chi connectivity index (χ1n) is 9.26. The molecule has 0 aromatic carbocycles. The summed E-state index contributed by atoms with van der Waals surface area (Å²) in [5, 5.41) is 0. The lowest BCUT2D eigenvalue weighted by Gasteiger charge is -2.35. The number of hydrogen-bond acceptors (Lipinski definition) is 5. The highest BCUT2D eigenvalue weighted by Gasteiger charge is 2.20. The second kappa shape index (κ2) is 12.6. The highest BCUT2D eigenvalue weighted by molar-refractivity contribution is 5.77. The first-order chi connectivity index (χ1) is 11.5. The molecule has 24 heavy (non-hydrogen) atoms. The predicted molar refractivity (Wildman–Crippen MR) is 95.2 cm³/mol. The van der Waals surface area contributed by atoms with Gasteiger partial charge in [-0.15, -0.1) is 0 Å². The minimum Gasteiger partial charge on any atom is -0.377 e. The van der Waals surface area contributed by atoms with E-state index >= 15 is 0 Å². The van der Waals surface area contributed by atoms with Crippen molar-refractivity contribution >= 4 is 5.91 Å². The summed E-state index contributed by atoms with van der Waals surface area (Å²) in [5.74, 6) is 0.818. The van der Waals surface area contributed by atoms with E-state index in [1.54, 1.807) is 0 Å². The monoisotopic (exact) mass is 344 g/mol. The van der Waals surface area contributed by atoms with Crippen LogP contribution in [0.3, 0.4) is 0 Å². The van der Waals surface area contributed by atoms with Crippen LogP contribution in [0.1, 0.15) is 34.1 Å². The van der Waals surface area contributed by atoms with Crippen molar-refractivity contribution in [2.24, 2.45) is 5.92 Å². The van der Waals surface area contributed by atoms with E-state index < -0.39 is 0 Å². The number of hydrogen-bond donors (Lipinski definition) is 0. The van der Waals surface area contributed by atoms with Crippen LogP contribution >= 0.6 is 0 Å². The summed E-state index contributed by atoms with van der Waals surface area (Å²) in [5.41, 5.74) is 0. The van der Waals surface area contributed by atoms with E-state index in [0.717, 1.165) is 38.6 Å². The van der Waals surface area contributed by atoms with Gasteiger partial charge in [-0.3, -0.25) is 9.69 Å². The summed E-state index contributed by atoms with van der Waals surface area (Å²) in [7, 11) is 0. The van der Waals surface area contributed by atoms with Crippen LogP contribution in [0.25, 0.3) is 0 Å². The van der Waals surface area contributed by atoms with Crippen molar-refractivity contribution in [2.45, 2.75) is 40.2 Å². The quantitative estimate of drug-likeness (QED) is 0.504. The maximum atomic E-state index is 12.1. The number of carbonyl (C=O) groups is 1. The third-order valence-electron chi connectivity index (χ3n) is 4.02. The Balaban J connectivity index is 1.98. The molecule has 142 valence electrons. The molecule has 1 rings (SSSR count). The van der Waals surface area contributed by atoms with Gasteiger partial charge >= 0.3 is 0 Å². The Labute approximate surface area is 147 Å². The molecule has 6 heteroatoms. The topological polar surface area (TPSA) is 51.2 Å². The molecule has 1 fully saturated rings. The van der Waals surface area contributed by atoms with Gasteiger partial charge in [-0.1, -0.05) is 13.8 Å². The SMILES string of the molecule is CC(C)CCN1CCN(C(=O)COCCOCCOC(C)C)CC1. The molecular weight excluding hydrogens is 308 g/mol. The lowest BCUT2D eigenvalue weighted by molar-refractivity contribution is -0.138. The molecule has 0 radical (unpaired) electrons. The molecule has 1 aliphatic rings. The second-order valence-electron chi connectivity index (χ2n) is 6.99. The number of rotatable bonds is 12. The zero-order valence-corrected chi connectivity index (χ0v) is 16.0. The molecule has 1 saturated heterocycles. The average Bonchev–Trinajstić information content (AvgIpc) is 2.55. The fourth-order valence-electron chi connectivity index (χ4n) is 2.48. The molecule has 1 heterocycles. The molecule has 0 aliphatic carbocycles. The van der Waals surface area contributed by atoms with Gasteiger partial charge in [0.15, 0.2) is 0 Å². The molecule has 0 aromatic heterocycles. The van der Waals surface area contributed by atoms with Crippen molar-refractivity contribution in [2.75, 3.05) is 65.8 Å². The molecule has 1 aliphatic heterocycles. The van der Waals surface area contributed by atoms with Gasteiger partial charge in [0, 0.05) is 26.2 Å². The smallest absolute Gasteiger partial charge is 0.248 e. The van der Waals surface area contributed by atoms with Crippen molar-refractivity contribution in [3.8, 4) is 0 Å². The average molecular weight is 344 g/mol. The van der Waals surface area contributed by atoms with E-state index in [4.69, 9.17) is 14.2 Å². The highest BCUT2D eigenvalue weighted by atomic mass is 16.5. The molecule has 0 spiro atoms.